The van der Waals surface area contributed by atoms with Crippen LogP contribution in [0.3, 0.4) is 0 Å². The molecule has 1 rings (SSSR count). The fourth-order valence-electron chi connectivity index (χ4n) is 0.983. The van der Waals surface area contributed by atoms with Crippen molar-refractivity contribution in [3.8, 4) is 0 Å². The zero-order valence-corrected chi connectivity index (χ0v) is 11.0. The molecule has 0 aromatic carbocycles. The molecule has 68 valence electrons. The molecule has 0 aliphatic rings. The minimum absolute atomic E-state index is 0.447. The van der Waals surface area contributed by atoms with E-state index in [4.69, 9.17) is 0 Å². The minimum Gasteiger partial charge on any atom is -0.310 e. The van der Waals surface area contributed by atoms with Crippen LogP contribution in [0.15, 0.2) is 14.3 Å². The molecule has 1 aromatic rings. The number of halogens is 2. The summed E-state index contributed by atoms with van der Waals surface area (Å²) in [7, 11) is 0. The summed E-state index contributed by atoms with van der Waals surface area (Å²) in [4.78, 5) is 1.36. The van der Waals surface area contributed by atoms with E-state index in [0.717, 1.165) is 11.0 Å². The van der Waals surface area contributed by atoms with Gasteiger partial charge < -0.3 is 5.32 Å². The van der Waals surface area contributed by atoms with E-state index in [-0.39, 0.29) is 0 Å². The summed E-state index contributed by atoms with van der Waals surface area (Å²) in [5.41, 5.74) is 0. The second-order valence-corrected chi connectivity index (χ2v) is 5.81. The summed E-state index contributed by atoms with van der Waals surface area (Å²) in [6, 6.07) is 2.60. The maximum Gasteiger partial charge on any atom is 0.0843 e. The number of hydrogen-bond donors (Lipinski definition) is 1. The highest BCUT2D eigenvalue weighted by atomic mass is 79.9. The second-order valence-electron chi connectivity index (χ2n) is 2.55. The van der Waals surface area contributed by atoms with Gasteiger partial charge in [-0.2, -0.15) is 0 Å². The van der Waals surface area contributed by atoms with E-state index < -0.39 is 0 Å². The molecule has 0 amide bonds. The van der Waals surface area contributed by atoms with E-state index in [1.54, 1.807) is 11.3 Å². The van der Waals surface area contributed by atoms with Gasteiger partial charge in [-0.15, -0.1) is 11.3 Å². The molecule has 1 aromatic heterocycles. The number of hydrogen-bond acceptors (Lipinski definition) is 2. The van der Waals surface area contributed by atoms with Crippen molar-refractivity contribution in [1.29, 1.82) is 0 Å². The van der Waals surface area contributed by atoms with Gasteiger partial charge in [-0.05, 0) is 51.4 Å². The molecule has 1 N–H and O–H groups in total. The minimum atomic E-state index is 0.447. The molecule has 12 heavy (non-hydrogen) atoms. The fraction of sp³-hybridized carbons (Fsp3) is 0.500. The topological polar surface area (TPSA) is 12.0 Å². The second kappa shape index (κ2) is 4.74. The molecule has 4 heteroatoms. The molecule has 0 aliphatic heterocycles. The summed E-state index contributed by atoms with van der Waals surface area (Å²) in [6.07, 6.45) is 0. The van der Waals surface area contributed by atoms with Crippen LogP contribution in [0.4, 0.5) is 0 Å². The number of rotatable bonds is 3. The SMILES string of the molecule is CCNC(C)c1cc(Br)c(Br)s1. The predicted octanol–water partition coefficient (Wildman–Crippen LogP) is 3.94. The van der Waals surface area contributed by atoms with Crippen molar-refractivity contribution in [2.45, 2.75) is 19.9 Å². The Morgan fingerprint density at radius 2 is 2.25 bits per heavy atom. The van der Waals surface area contributed by atoms with E-state index in [9.17, 15) is 0 Å². The zero-order chi connectivity index (χ0) is 9.14. The lowest BCUT2D eigenvalue weighted by atomic mass is 10.3. The first kappa shape index (κ1) is 10.7. The van der Waals surface area contributed by atoms with Crippen LogP contribution in [0, 0.1) is 0 Å². The predicted molar refractivity (Wildman–Crippen MR) is 61.8 cm³/mol. The van der Waals surface area contributed by atoms with Crippen LogP contribution in [0.25, 0.3) is 0 Å². The third kappa shape index (κ3) is 2.55. The van der Waals surface area contributed by atoms with Crippen molar-refractivity contribution in [3.05, 3.63) is 19.2 Å². The van der Waals surface area contributed by atoms with Crippen molar-refractivity contribution in [2.24, 2.45) is 0 Å². The van der Waals surface area contributed by atoms with Crippen LogP contribution in [-0.2, 0) is 0 Å². The quantitative estimate of drug-likeness (QED) is 0.891. The lowest BCUT2D eigenvalue weighted by molar-refractivity contribution is 0.607. The Balaban J connectivity index is 2.74. The summed E-state index contributed by atoms with van der Waals surface area (Å²) in [5.74, 6) is 0. The maximum atomic E-state index is 3.48. The van der Waals surface area contributed by atoms with E-state index in [1.807, 2.05) is 0 Å². The van der Waals surface area contributed by atoms with Gasteiger partial charge in [0, 0.05) is 15.4 Å². The van der Waals surface area contributed by atoms with Crippen molar-refractivity contribution < 1.29 is 0 Å². The monoisotopic (exact) mass is 311 g/mol. The van der Waals surface area contributed by atoms with Crippen LogP contribution in [0.1, 0.15) is 24.8 Å². The smallest absolute Gasteiger partial charge is 0.0843 e. The third-order valence-electron chi connectivity index (χ3n) is 1.60. The Hall–Kier alpha value is 0.620. The molecule has 1 nitrogen and oxygen atoms in total. The van der Waals surface area contributed by atoms with Gasteiger partial charge in [-0.25, -0.2) is 0 Å². The van der Waals surface area contributed by atoms with Crippen LogP contribution in [0.2, 0.25) is 0 Å². The molecule has 0 bridgehead atoms. The standard InChI is InChI=1S/C8H11Br2NS/c1-3-11-5(2)7-4-6(9)8(10)12-7/h4-5,11H,3H2,1-2H3. The zero-order valence-electron chi connectivity index (χ0n) is 7.03. The third-order valence-corrected chi connectivity index (χ3v) is 5.04. The summed E-state index contributed by atoms with van der Waals surface area (Å²) >= 11 is 8.72. The van der Waals surface area contributed by atoms with Crippen molar-refractivity contribution in [3.63, 3.8) is 0 Å². The largest absolute Gasteiger partial charge is 0.310 e. The Bertz CT molecular complexity index is 240. The molecule has 0 aliphatic carbocycles. The first-order valence-electron chi connectivity index (χ1n) is 3.83. The van der Waals surface area contributed by atoms with Crippen molar-refractivity contribution >= 4 is 43.2 Å². The maximum absolute atomic E-state index is 3.48. The van der Waals surface area contributed by atoms with Gasteiger partial charge in [0.15, 0.2) is 0 Å². The molecule has 0 saturated carbocycles. The summed E-state index contributed by atoms with van der Waals surface area (Å²) < 4.78 is 2.31. The highest BCUT2D eigenvalue weighted by Crippen LogP contribution is 2.35. The molecular weight excluding hydrogens is 302 g/mol. The van der Waals surface area contributed by atoms with E-state index >= 15 is 0 Å². The molecule has 0 fully saturated rings. The highest BCUT2D eigenvalue weighted by molar-refractivity contribution is 9.13. The first-order valence-corrected chi connectivity index (χ1v) is 6.23. The van der Waals surface area contributed by atoms with Crippen molar-refractivity contribution in [2.75, 3.05) is 6.54 Å². The normalized spacial score (nSPS) is 13.3. The van der Waals surface area contributed by atoms with Crippen LogP contribution < -0.4 is 5.32 Å². The summed E-state index contributed by atoms with van der Waals surface area (Å²) in [6.45, 7) is 5.30. The van der Waals surface area contributed by atoms with Gasteiger partial charge in [0.2, 0.25) is 0 Å². The van der Waals surface area contributed by atoms with Gasteiger partial charge >= 0.3 is 0 Å². The first-order chi connectivity index (χ1) is 5.65. The molecule has 0 saturated heterocycles. The molecule has 0 radical (unpaired) electrons. The van der Waals surface area contributed by atoms with Crippen LogP contribution >= 0.6 is 43.2 Å². The lowest BCUT2D eigenvalue weighted by Crippen LogP contribution is -2.16. The Morgan fingerprint density at radius 1 is 1.58 bits per heavy atom. The Morgan fingerprint density at radius 3 is 2.67 bits per heavy atom. The Kier molecular flexibility index (Phi) is 4.23. The fourth-order valence-corrected chi connectivity index (χ4v) is 3.10. The van der Waals surface area contributed by atoms with E-state index in [0.29, 0.717) is 6.04 Å². The van der Waals surface area contributed by atoms with Crippen molar-refractivity contribution in [1.82, 2.24) is 5.32 Å². The van der Waals surface area contributed by atoms with E-state index in [2.05, 4.69) is 57.1 Å². The number of thiophene rings is 1. The molecule has 1 heterocycles. The average Bonchev–Trinajstić information content (AvgIpc) is 2.33. The van der Waals surface area contributed by atoms with Gasteiger partial charge in [0.1, 0.15) is 0 Å². The Labute approximate surface area is 93.8 Å². The van der Waals surface area contributed by atoms with Gasteiger partial charge in [0.05, 0.1) is 3.79 Å². The van der Waals surface area contributed by atoms with Crippen LogP contribution in [0.5, 0.6) is 0 Å². The lowest BCUT2D eigenvalue weighted by Gasteiger charge is -2.08. The van der Waals surface area contributed by atoms with Gasteiger partial charge in [-0.1, -0.05) is 6.92 Å². The number of nitrogens with one attached hydrogen (secondary N) is 1. The average molecular weight is 313 g/mol. The molecular formula is C8H11Br2NS. The van der Waals surface area contributed by atoms with E-state index in [1.165, 1.54) is 8.66 Å². The van der Waals surface area contributed by atoms with Gasteiger partial charge in [-0.3, -0.25) is 0 Å². The summed E-state index contributed by atoms with van der Waals surface area (Å²) in [5, 5.41) is 3.37. The highest BCUT2D eigenvalue weighted by Gasteiger charge is 2.09. The molecule has 1 unspecified atom stereocenters. The molecule has 0 spiro atoms. The van der Waals surface area contributed by atoms with Crippen LogP contribution in [-0.4, -0.2) is 6.54 Å². The molecule has 1 atom stereocenters. The van der Waals surface area contributed by atoms with Gasteiger partial charge in [0.25, 0.3) is 0 Å².